The number of thioether (sulfide) groups is 1. The van der Waals surface area contributed by atoms with Crippen LogP contribution in [0.2, 0.25) is 0 Å². The van der Waals surface area contributed by atoms with Crippen molar-refractivity contribution >= 4 is 11.8 Å². The van der Waals surface area contributed by atoms with Crippen LogP contribution in [0.15, 0.2) is 24.3 Å². The first-order chi connectivity index (χ1) is 9.57. The summed E-state index contributed by atoms with van der Waals surface area (Å²) in [4.78, 5) is 2.53. The Labute approximate surface area is 125 Å². The molecule has 0 radical (unpaired) electrons. The van der Waals surface area contributed by atoms with E-state index in [1.54, 1.807) is 0 Å². The highest BCUT2D eigenvalue weighted by atomic mass is 32.2. The van der Waals surface area contributed by atoms with Crippen LogP contribution in [-0.2, 0) is 6.42 Å². The monoisotopic (exact) mass is 296 g/mol. The van der Waals surface area contributed by atoms with E-state index in [-0.39, 0.29) is 11.4 Å². The molecule has 0 amide bonds. The summed E-state index contributed by atoms with van der Waals surface area (Å²) < 4.78 is 13.0. The van der Waals surface area contributed by atoms with Gasteiger partial charge < -0.3 is 5.73 Å². The van der Waals surface area contributed by atoms with Crippen molar-refractivity contribution in [3.05, 3.63) is 35.6 Å². The van der Waals surface area contributed by atoms with Gasteiger partial charge in [0.25, 0.3) is 0 Å². The first kappa shape index (κ1) is 15.8. The van der Waals surface area contributed by atoms with Crippen molar-refractivity contribution in [2.24, 2.45) is 5.73 Å². The smallest absolute Gasteiger partial charge is 0.123 e. The molecule has 1 saturated heterocycles. The standard InChI is InChI=1S/C16H25FN2S/c1-3-15-11-19(8-9-20-15)16(2,12-18)10-13-4-6-14(17)7-5-13/h4-7,15H,3,8-12,18H2,1-2H3. The van der Waals surface area contributed by atoms with Gasteiger partial charge in [-0.2, -0.15) is 11.8 Å². The number of halogens is 1. The zero-order valence-electron chi connectivity index (χ0n) is 12.4. The molecule has 20 heavy (non-hydrogen) atoms. The van der Waals surface area contributed by atoms with Crippen LogP contribution in [0.1, 0.15) is 25.8 Å². The fourth-order valence-corrected chi connectivity index (χ4v) is 3.99. The zero-order valence-corrected chi connectivity index (χ0v) is 13.3. The SMILES string of the molecule is CCC1CN(C(C)(CN)Cc2ccc(F)cc2)CCS1. The van der Waals surface area contributed by atoms with Crippen LogP contribution in [0.25, 0.3) is 0 Å². The number of benzene rings is 1. The van der Waals surface area contributed by atoms with Crippen molar-refractivity contribution in [1.82, 2.24) is 4.90 Å². The second kappa shape index (κ2) is 6.92. The lowest BCUT2D eigenvalue weighted by Gasteiger charge is -2.45. The van der Waals surface area contributed by atoms with E-state index in [9.17, 15) is 4.39 Å². The van der Waals surface area contributed by atoms with Crippen LogP contribution in [0.5, 0.6) is 0 Å². The third-order valence-electron chi connectivity index (χ3n) is 4.30. The molecule has 2 N–H and O–H groups in total. The second-order valence-electron chi connectivity index (χ2n) is 5.85. The van der Waals surface area contributed by atoms with Crippen LogP contribution in [0.4, 0.5) is 4.39 Å². The van der Waals surface area contributed by atoms with Crippen LogP contribution in [0.3, 0.4) is 0 Å². The molecule has 2 rings (SSSR count). The minimum atomic E-state index is -0.177. The maximum atomic E-state index is 13.0. The molecule has 1 heterocycles. The summed E-state index contributed by atoms with van der Waals surface area (Å²) in [5.74, 6) is 1.00. The Balaban J connectivity index is 2.09. The summed E-state index contributed by atoms with van der Waals surface area (Å²) in [6.07, 6.45) is 2.09. The quantitative estimate of drug-likeness (QED) is 0.906. The van der Waals surface area contributed by atoms with E-state index in [0.717, 1.165) is 25.1 Å². The molecule has 0 aromatic heterocycles. The van der Waals surface area contributed by atoms with Crippen molar-refractivity contribution in [1.29, 1.82) is 0 Å². The lowest BCUT2D eigenvalue weighted by atomic mass is 9.90. The highest BCUT2D eigenvalue weighted by Gasteiger charge is 2.34. The van der Waals surface area contributed by atoms with Crippen molar-refractivity contribution in [3.8, 4) is 0 Å². The van der Waals surface area contributed by atoms with Crippen molar-refractivity contribution in [3.63, 3.8) is 0 Å². The molecule has 1 aliphatic rings. The van der Waals surface area contributed by atoms with Gasteiger partial charge >= 0.3 is 0 Å². The molecule has 112 valence electrons. The average molecular weight is 296 g/mol. The number of hydrogen-bond donors (Lipinski definition) is 1. The predicted octanol–water partition coefficient (Wildman–Crippen LogP) is 2.91. The second-order valence-corrected chi connectivity index (χ2v) is 7.26. The summed E-state index contributed by atoms with van der Waals surface area (Å²) in [7, 11) is 0. The fraction of sp³-hybridized carbons (Fsp3) is 0.625. The minimum absolute atomic E-state index is 0.0355. The topological polar surface area (TPSA) is 29.3 Å². The molecule has 2 atom stereocenters. The molecule has 0 saturated carbocycles. The van der Waals surface area contributed by atoms with Crippen LogP contribution >= 0.6 is 11.8 Å². The maximum absolute atomic E-state index is 13.0. The molecule has 1 aliphatic heterocycles. The molecule has 0 bridgehead atoms. The lowest BCUT2D eigenvalue weighted by Crippen LogP contribution is -2.57. The molecule has 2 unspecified atom stereocenters. The van der Waals surface area contributed by atoms with Gasteiger partial charge in [-0.3, -0.25) is 4.90 Å². The average Bonchev–Trinajstić information content (AvgIpc) is 2.49. The highest BCUT2D eigenvalue weighted by Crippen LogP contribution is 2.28. The normalized spacial score (nSPS) is 23.5. The van der Waals surface area contributed by atoms with E-state index in [1.165, 1.54) is 24.3 Å². The van der Waals surface area contributed by atoms with E-state index in [1.807, 2.05) is 12.1 Å². The Morgan fingerprint density at radius 1 is 1.40 bits per heavy atom. The third kappa shape index (κ3) is 3.74. The van der Waals surface area contributed by atoms with Crippen LogP contribution in [-0.4, -0.2) is 41.1 Å². The van der Waals surface area contributed by atoms with Crippen molar-refractivity contribution in [2.45, 2.75) is 37.5 Å². The predicted molar refractivity (Wildman–Crippen MR) is 85.7 cm³/mol. The number of nitrogens with two attached hydrogens (primary N) is 1. The number of nitrogens with zero attached hydrogens (tertiary/aromatic N) is 1. The van der Waals surface area contributed by atoms with E-state index in [4.69, 9.17) is 5.73 Å². The summed E-state index contributed by atoms with van der Waals surface area (Å²) >= 11 is 2.07. The Bertz CT molecular complexity index is 423. The van der Waals surface area contributed by atoms with Gasteiger partial charge in [0.05, 0.1) is 0 Å². The number of hydrogen-bond acceptors (Lipinski definition) is 3. The fourth-order valence-electron chi connectivity index (χ4n) is 2.81. The molecule has 1 aromatic rings. The van der Waals surface area contributed by atoms with Gasteiger partial charge in [-0.15, -0.1) is 0 Å². The minimum Gasteiger partial charge on any atom is -0.329 e. The van der Waals surface area contributed by atoms with Gasteiger partial charge in [0.1, 0.15) is 5.82 Å². The van der Waals surface area contributed by atoms with Gasteiger partial charge in [-0.1, -0.05) is 19.1 Å². The summed E-state index contributed by atoms with van der Waals surface area (Å²) in [6, 6.07) is 6.82. The molecule has 1 fully saturated rings. The van der Waals surface area contributed by atoms with E-state index < -0.39 is 0 Å². The summed E-state index contributed by atoms with van der Waals surface area (Å²) in [5, 5.41) is 0.711. The van der Waals surface area contributed by atoms with E-state index in [2.05, 4.69) is 30.5 Å². The molecule has 0 aliphatic carbocycles. The molecule has 4 heteroatoms. The Kier molecular flexibility index (Phi) is 5.47. The zero-order chi connectivity index (χ0) is 14.6. The number of rotatable bonds is 5. The largest absolute Gasteiger partial charge is 0.329 e. The Morgan fingerprint density at radius 3 is 2.70 bits per heavy atom. The van der Waals surface area contributed by atoms with Crippen LogP contribution in [0, 0.1) is 5.82 Å². The highest BCUT2D eigenvalue weighted by molar-refractivity contribution is 8.00. The van der Waals surface area contributed by atoms with E-state index >= 15 is 0 Å². The van der Waals surface area contributed by atoms with Gasteiger partial charge in [0.15, 0.2) is 0 Å². The maximum Gasteiger partial charge on any atom is 0.123 e. The molecule has 1 aromatic carbocycles. The van der Waals surface area contributed by atoms with Gasteiger partial charge in [0.2, 0.25) is 0 Å². The first-order valence-corrected chi connectivity index (χ1v) is 8.43. The molecular weight excluding hydrogens is 271 g/mol. The molecule has 0 spiro atoms. The first-order valence-electron chi connectivity index (χ1n) is 7.38. The van der Waals surface area contributed by atoms with Gasteiger partial charge in [-0.25, -0.2) is 4.39 Å². The van der Waals surface area contributed by atoms with Gasteiger partial charge in [-0.05, 0) is 37.5 Å². The van der Waals surface area contributed by atoms with E-state index in [0.29, 0.717) is 11.8 Å². The van der Waals surface area contributed by atoms with Gasteiger partial charge in [0, 0.05) is 36.2 Å². The summed E-state index contributed by atoms with van der Waals surface area (Å²) in [5.41, 5.74) is 7.20. The molecule has 2 nitrogen and oxygen atoms in total. The molecular formula is C16H25FN2S. The van der Waals surface area contributed by atoms with Crippen LogP contribution < -0.4 is 5.73 Å². The lowest BCUT2D eigenvalue weighted by molar-refractivity contribution is 0.114. The van der Waals surface area contributed by atoms with Crippen molar-refractivity contribution in [2.75, 3.05) is 25.4 Å². The third-order valence-corrected chi connectivity index (χ3v) is 5.67. The Hall–Kier alpha value is -0.580. The summed E-state index contributed by atoms with van der Waals surface area (Å²) in [6.45, 7) is 7.32. The van der Waals surface area contributed by atoms with Crippen molar-refractivity contribution < 1.29 is 4.39 Å². The Morgan fingerprint density at radius 2 is 2.10 bits per heavy atom.